The summed E-state index contributed by atoms with van der Waals surface area (Å²) in [5, 5.41) is 3.39. The molecule has 1 aromatic carbocycles. The minimum absolute atomic E-state index is 0.324. The molecular formula is C20H23NO4S. The van der Waals surface area contributed by atoms with Gasteiger partial charge in [0.05, 0.1) is 11.6 Å². The van der Waals surface area contributed by atoms with Crippen molar-refractivity contribution in [1.29, 1.82) is 0 Å². The zero-order valence-corrected chi connectivity index (χ0v) is 16.2. The molecule has 0 radical (unpaired) electrons. The zero-order chi connectivity index (χ0) is 19.2. The first-order valence-electron chi connectivity index (χ1n) is 8.32. The van der Waals surface area contributed by atoms with Crippen LogP contribution < -0.4 is 5.32 Å². The summed E-state index contributed by atoms with van der Waals surface area (Å²) in [7, 11) is 0. The number of hydrogen-bond acceptors (Lipinski definition) is 5. The summed E-state index contributed by atoms with van der Waals surface area (Å²) in [5.41, 5.74) is 1.34. The average Bonchev–Trinajstić information content (AvgIpc) is 2.95. The maximum Gasteiger partial charge on any atom is 0.412 e. The predicted octanol–water partition coefficient (Wildman–Crippen LogP) is 5.34. The number of esters is 1. The highest BCUT2D eigenvalue weighted by Crippen LogP contribution is 2.36. The highest BCUT2D eigenvalue weighted by atomic mass is 32.1. The Morgan fingerprint density at radius 2 is 1.88 bits per heavy atom. The SMILES string of the molecule is CCOC(=O)/C=C/c1sc(NC(=O)OC(C)(C)C)cc1-c1ccccc1. The van der Waals surface area contributed by atoms with Crippen LogP contribution in [-0.2, 0) is 14.3 Å². The quantitative estimate of drug-likeness (QED) is 0.568. The maximum atomic E-state index is 12.0. The van der Waals surface area contributed by atoms with Crippen LogP contribution in [0, 0.1) is 0 Å². The number of hydrogen-bond donors (Lipinski definition) is 1. The average molecular weight is 373 g/mol. The number of ether oxygens (including phenoxy) is 2. The van der Waals surface area contributed by atoms with Crippen LogP contribution in [0.5, 0.6) is 0 Å². The van der Waals surface area contributed by atoms with Gasteiger partial charge >= 0.3 is 12.1 Å². The number of carbonyl (C=O) groups excluding carboxylic acids is 2. The lowest BCUT2D eigenvalue weighted by Gasteiger charge is -2.19. The van der Waals surface area contributed by atoms with E-state index in [1.54, 1.807) is 13.0 Å². The Bertz CT molecular complexity index is 788. The Morgan fingerprint density at radius 1 is 1.19 bits per heavy atom. The minimum atomic E-state index is -0.573. The van der Waals surface area contributed by atoms with Gasteiger partial charge < -0.3 is 9.47 Å². The summed E-state index contributed by atoms with van der Waals surface area (Å²) in [6.45, 7) is 7.51. The third kappa shape index (κ3) is 6.04. The molecule has 5 nitrogen and oxygen atoms in total. The van der Waals surface area contributed by atoms with Gasteiger partial charge in [-0.15, -0.1) is 11.3 Å². The van der Waals surface area contributed by atoms with Gasteiger partial charge in [0.25, 0.3) is 0 Å². The van der Waals surface area contributed by atoms with Crippen LogP contribution in [0.15, 0.2) is 42.5 Å². The van der Waals surface area contributed by atoms with Gasteiger partial charge in [0, 0.05) is 16.5 Å². The Hall–Kier alpha value is -2.60. The van der Waals surface area contributed by atoms with Crippen molar-refractivity contribution in [2.75, 3.05) is 11.9 Å². The van der Waals surface area contributed by atoms with Crippen LogP contribution in [0.3, 0.4) is 0 Å². The molecule has 0 saturated carbocycles. The second kappa shape index (κ2) is 8.67. The Labute approximate surface area is 157 Å². The van der Waals surface area contributed by atoms with Gasteiger partial charge in [-0.1, -0.05) is 30.3 Å². The molecule has 0 aliphatic rings. The van der Waals surface area contributed by atoms with Gasteiger partial charge in [0.1, 0.15) is 5.60 Å². The monoisotopic (exact) mass is 373 g/mol. The standard InChI is InChI=1S/C20H23NO4S/c1-5-24-18(22)12-11-16-15(14-9-7-6-8-10-14)13-17(26-16)21-19(23)25-20(2,3)4/h6-13H,5H2,1-4H3,(H,21,23)/b12-11+. The first-order valence-corrected chi connectivity index (χ1v) is 9.14. The molecule has 1 amide bonds. The van der Waals surface area contributed by atoms with E-state index >= 15 is 0 Å². The molecule has 0 aliphatic carbocycles. The molecule has 0 aliphatic heterocycles. The van der Waals surface area contributed by atoms with Crippen LogP contribution in [0.4, 0.5) is 9.80 Å². The maximum absolute atomic E-state index is 12.0. The lowest BCUT2D eigenvalue weighted by molar-refractivity contribution is -0.137. The van der Waals surface area contributed by atoms with Gasteiger partial charge in [-0.3, -0.25) is 5.32 Å². The topological polar surface area (TPSA) is 64.6 Å². The van der Waals surface area contributed by atoms with E-state index in [0.29, 0.717) is 11.6 Å². The molecular weight excluding hydrogens is 350 g/mol. The summed E-state index contributed by atoms with van der Waals surface area (Å²) in [6.07, 6.45) is 2.57. The summed E-state index contributed by atoms with van der Waals surface area (Å²) in [6, 6.07) is 11.6. The minimum Gasteiger partial charge on any atom is -0.463 e. The largest absolute Gasteiger partial charge is 0.463 e. The molecule has 0 bridgehead atoms. The molecule has 1 heterocycles. The van der Waals surface area contributed by atoms with E-state index in [9.17, 15) is 9.59 Å². The van der Waals surface area contributed by atoms with E-state index in [1.807, 2.05) is 57.2 Å². The van der Waals surface area contributed by atoms with Gasteiger partial charge in [-0.25, -0.2) is 9.59 Å². The van der Waals surface area contributed by atoms with Gasteiger partial charge in [-0.2, -0.15) is 0 Å². The van der Waals surface area contributed by atoms with Crippen molar-refractivity contribution in [2.24, 2.45) is 0 Å². The molecule has 2 aromatic rings. The van der Waals surface area contributed by atoms with E-state index in [2.05, 4.69) is 5.32 Å². The molecule has 138 valence electrons. The first-order chi connectivity index (χ1) is 12.3. The molecule has 6 heteroatoms. The van der Waals surface area contributed by atoms with Crippen LogP contribution in [0.2, 0.25) is 0 Å². The molecule has 0 saturated heterocycles. The third-order valence-electron chi connectivity index (χ3n) is 3.13. The Morgan fingerprint density at radius 3 is 2.50 bits per heavy atom. The van der Waals surface area contributed by atoms with Crippen molar-refractivity contribution < 1.29 is 19.1 Å². The fourth-order valence-corrected chi connectivity index (χ4v) is 3.14. The van der Waals surface area contributed by atoms with Crippen molar-refractivity contribution in [3.63, 3.8) is 0 Å². The lowest BCUT2D eigenvalue weighted by Crippen LogP contribution is -2.26. The number of amides is 1. The molecule has 26 heavy (non-hydrogen) atoms. The summed E-state index contributed by atoms with van der Waals surface area (Å²) >= 11 is 1.36. The smallest absolute Gasteiger partial charge is 0.412 e. The number of rotatable bonds is 5. The number of anilines is 1. The van der Waals surface area contributed by atoms with E-state index in [0.717, 1.165) is 16.0 Å². The molecule has 1 N–H and O–H groups in total. The Kier molecular flexibility index (Phi) is 6.58. The van der Waals surface area contributed by atoms with E-state index < -0.39 is 17.7 Å². The van der Waals surface area contributed by atoms with Crippen molar-refractivity contribution in [3.05, 3.63) is 47.4 Å². The van der Waals surface area contributed by atoms with E-state index in [4.69, 9.17) is 9.47 Å². The van der Waals surface area contributed by atoms with Crippen LogP contribution in [0.1, 0.15) is 32.6 Å². The van der Waals surface area contributed by atoms with Gasteiger partial charge in [0.2, 0.25) is 0 Å². The van der Waals surface area contributed by atoms with Gasteiger partial charge in [-0.05, 0) is 45.4 Å². The number of carbonyl (C=O) groups is 2. The van der Waals surface area contributed by atoms with Crippen molar-refractivity contribution in [3.8, 4) is 11.1 Å². The van der Waals surface area contributed by atoms with Crippen molar-refractivity contribution in [1.82, 2.24) is 0 Å². The normalized spacial score (nSPS) is 11.4. The summed E-state index contributed by atoms with van der Waals surface area (Å²) in [5.74, 6) is -0.401. The van der Waals surface area contributed by atoms with Crippen molar-refractivity contribution >= 4 is 34.5 Å². The molecule has 2 rings (SSSR count). The molecule has 1 aromatic heterocycles. The van der Waals surface area contributed by atoms with Crippen LogP contribution in [0.25, 0.3) is 17.2 Å². The highest BCUT2D eigenvalue weighted by Gasteiger charge is 2.18. The Balaban J connectivity index is 2.29. The molecule has 0 unspecified atom stereocenters. The van der Waals surface area contributed by atoms with Crippen LogP contribution in [-0.4, -0.2) is 24.3 Å². The zero-order valence-electron chi connectivity index (χ0n) is 15.4. The van der Waals surface area contributed by atoms with Crippen molar-refractivity contribution in [2.45, 2.75) is 33.3 Å². The third-order valence-corrected chi connectivity index (χ3v) is 4.14. The molecule has 0 atom stereocenters. The fourth-order valence-electron chi connectivity index (χ4n) is 2.17. The molecule has 0 fully saturated rings. The predicted molar refractivity (Wildman–Crippen MR) is 105 cm³/mol. The lowest BCUT2D eigenvalue weighted by atomic mass is 10.1. The number of nitrogens with one attached hydrogen (secondary N) is 1. The molecule has 0 spiro atoms. The first kappa shape index (κ1) is 19.7. The number of benzene rings is 1. The summed E-state index contributed by atoms with van der Waals surface area (Å²) in [4.78, 5) is 24.5. The van der Waals surface area contributed by atoms with E-state index in [-0.39, 0.29) is 0 Å². The second-order valence-corrected chi connectivity index (χ2v) is 7.55. The number of thiophene rings is 1. The fraction of sp³-hybridized carbons (Fsp3) is 0.300. The highest BCUT2D eigenvalue weighted by molar-refractivity contribution is 7.17. The summed E-state index contributed by atoms with van der Waals surface area (Å²) < 4.78 is 10.2. The van der Waals surface area contributed by atoms with Gasteiger partial charge in [0.15, 0.2) is 0 Å². The van der Waals surface area contributed by atoms with E-state index in [1.165, 1.54) is 17.4 Å². The van der Waals surface area contributed by atoms with Crippen LogP contribution >= 0.6 is 11.3 Å². The second-order valence-electron chi connectivity index (χ2n) is 6.47.